The Kier molecular flexibility index (Phi) is 5.44. The van der Waals surface area contributed by atoms with Crippen molar-refractivity contribution in [3.05, 3.63) is 41.2 Å². The summed E-state index contributed by atoms with van der Waals surface area (Å²) in [6.45, 7) is 5.17. The minimum absolute atomic E-state index is 0.286. The molecule has 0 spiro atoms. The van der Waals surface area contributed by atoms with Gasteiger partial charge in [0.1, 0.15) is 17.7 Å². The van der Waals surface area contributed by atoms with Crippen molar-refractivity contribution in [2.24, 2.45) is 0 Å². The van der Waals surface area contributed by atoms with E-state index in [1.165, 1.54) is 5.56 Å². The number of aromatic nitrogens is 3. The summed E-state index contributed by atoms with van der Waals surface area (Å²) in [6, 6.07) is 5.78. The highest BCUT2D eigenvalue weighted by Gasteiger charge is 2.33. The Balaban J connectivity index is 1.62. The van der Waals surface area contributed by atoms with Crippen LogP contribution >= 0.6 is 0 Å². The second kappa shape index (κ2) is 8.32. The number of hydrogen-bond acceptors (Lipinski definition) is 9. The standard InChI is InChI=1S/C25H29N5O4/c1-25(2)10-15-16(12-33-25)23(30(3)4)29-24-18(15)19-21(34-24)22(28-13-27-19)26-11-14-8-7-9-17(31-5)20(14)32-6/h7-9,13H,10-12H2,1-6H3,(H,26,27,28). The summed E-state index contributed by atoms with van der Waals surface area (Å²) >= 11 is 0. The molecule has 0 fully saturated rings. The van der Waals surface area contributed by atoms with Crippen molar-refractivity contribution in [3.8, 4) is 11.5 Å². The molecule has 0 amide bonds. The van der Waals surface area contributed by atoms with E-state index >= 15 is 0 Å². The van der Waals surface area contributed by atoms with Gasteiger partial charge in [0.2, 0.25) is 5.71 Å². The highest BCUT2D eigenvalue weighted by Crippen LogP contribution is 2.41. The summed E-state index contributed by atoms with van der Waals surface area (Å²) in [6.07, 6.45) is 2.30. The number of ether oxygens (including phenoxy) is 3. The molecule has 4 aromatic rings. The minimum atomic E-state index is -0.286. The number of nitrogens with zero attached hydrogens (tertiary/aromatic N) is 4. The molecule has 0 unspecified atom stereocenters. The molecular formula is C25H29N5O4. The van der Waals surface area contributed by atoms with Gasteiger partial charge in [0.25, 0.3) is 0 Å². The van der Waals surface area contributed by atoms with Crippen LogP contribution < -0.4 is 19.7 Å². The second-order valence-corrected chi connectivity index (χ2v) is 9.20. The van der Waals surface area contributed by atoms with Gasteiger partial charge in [0.05, 0.1) is 31.8 Å². The summed E-state index contributed by atoms with van der Waals surface area (Å²) < 4.78 is 23.4. The molecule has 5 rings (SSSR count). The van der Waals surface area contributed by atoms with Gasteiger partial charge < -0.3 is 28.8 Å². The number of fused-ring (bicyclic) bond motifs is 5. The number of methoxy groups -OCH3 is 2. The molecule has 1 N–H and O–H groups in total. The highest BCUT2D eigenvalue weighted by molar-refractivity contribution is 6.07. The molecule has 34 heavy (non-hydrogen) atoms. The topological polar surface area (TPSA) is 94.8 Å². The largest absolute Gasteiger partial charge is 0.493 e. The normalized spacial score (nSPS) is 14.8. The van der Waals surface area contributed by atoms with E-state index in [-0.39, 0.29) is 5.60 Å². The van der Waals surface area contributed by atoms with E-state index in [4.69, 9.17) is 23.6 Å². The third-order valence-corrected chi connectivity index (χ3v) is 6.16. The van der Waals surface area contributed by atoms with Gasteiger partial charge >= 0.3 is 0 Å². The quantitative estimate of drug-likeness (QED) is 0.449. The lowest BCUT2D eigenvalue weighted by atomic mass is 9.90. The molecular weight excluding hydrogens is 434 g/mol. The first-order valence-corrected chi connectivity index (χ1v) is 11.2. The Morgan fingerprint density at radius 1 is 1.12 bits per heavy atom. The Hall–Kier alpha value is -3.59. The number of furan rings is 1. The molecule has 1 aliphatic rings. The van der Waals surface area contributed by atoms with Crippen molar-refractivity contribution < 1.29 is 18.6 Å². The third kappa shape index (κ3) is 3.66. The number of hydrogen-bond donors (Lipinski definition) is 1. The van der Waals surface area contributed by atoms with Gasteiger partial charge in [0, 0.05) is 38.2 Å². The molecule has 0 saturated carbocycles. The summed E-state index contributed by atoms with van der Waals surface area (Å²) in [7, 11) is 7.21. The number of rotatable bonds is 6. The van der Waals surface area contributed by atoms with Crippen molar-refractivity contribution in [2.75, 3.05) is 38.5 Å². The fourth-order valence-corrected chi connectivity index (χ4v) is 4.56. The lowest BCUT2D eigenvalue weighted by molar-refractivity contribution is -0.0395. The Bertz CT molecular complexity index is 1380. The molecule has 1 aromatic carbocycles. The average Bonchev–Trinajstić information content (AvgIpc) is 3.20. The monoisotopic (exact) mass is 463 g/mol. The van der Waals surface area contributed by atoms with Crippen LogP contribution in [0.5, 0.6) is 11.5 Å². The Labute approximate surface area is 198 Å². The van der Waals surface area contributed by atoms with Crippen LogP contribution in [0.3, 0.4) is 0 Å². The summed E-state index contributed by atoms with van der Waals surface area (Å²) in [4.78, 5) is 15.9. The van der Waals surface area contributed by atoms with E-state index in [1.54, 1.807) is 20.5 Å². The number of anilines is 2. The molecule has 9 heteroatoms. The third-order valence-electron chi connectivity index (χ3n) is 6.16. The van der Waals surface area contributed by atoms with E-state index in [9.17, 15) is 0 Å². The van der Waals surface area contributed by atoms with Gasteiger partial charge in [-0.3, -0.25) is 0 Å². The Morgan fingerprint density at radius 2 is 1.94 bits per heavy atom. The first-order valence-electron chi connectivity index (χ1n) is 11.2. The molecule has 0 radical (unpaired) electrons. The maximum atomic E-state index is 6.28. The fourth-order valence-electron chi connectivity index (χ4n) is 4.56. The van der Waals surface area contributed by atoms with Crippen molar-refractivity contribution in [2.45, 2.75) is 39.0 Å². The van der Waals surface area contributed by atoms with E-state index < -0.39 is 0 Å². The first-order chi connectivity index (χ1) is 16.3. The molecule has 0 aliphatic carbocycles. The summed E-state index contributed by atoms with van der Waals surface area (Å²) in [5.41, 5.74) is 4.78. The van der Waals surface area contributed by atoms with Crippen LogP contribution in [-0.4, -0.2) is 48.9 Å². The molecule has 0 bridgehead atoms. The van der Waals surface area contributed by atoms with E-state index in [0.717, 1.165) is 34.3 Å². The van der Waals surface area contributed by atoms with Crippen molar-refractivity contribution in [3.63, 3.8) is 0 Å². The predicted molar refractivity (Wildman–Crippen MR) is 131 cm³/mol. The molecule has 178 valence electrons. The molecule has 9 nitrogen and oxygen atoms in total. The maximum Gasteiger partial charge on any atom is 0.231 e. The van der Waals surface area contributed by atoms with E-state index in [2.05, 4.69) is 29.1 Å². The van der Waals surface area contributed by atoms with Crippen molar-refractivity contribution in [1.82, 2.24) is 15.0 Å². The van der Waals surface area contributed by atoms with Gasteiger partial charge in [-0.05, 0) is 25.5 Å². The van der Waals surface area contributed by atoms with E-state index in [1.807, 2.05) is 37.2 Å². The predicted octanol–water partition coefficient (Wildman–Crippen LogP) is 4.32. The van der Waals surface area contributed by atoms with Gasteiger partial charge in [-0.1, -0.05) is 12.1 Å². The van der Waals surface area contributed by atoms with Crippen LogP contribution in [0.15, 0.2) is 28.9 Å². The zero-order valence-electron chi connectivity index (χ0n) is 20.4. The number of para-hydroxylation sites is 1. The fraction of sp³-hybridized carbons (Fsp3) is 0.400. The van der Waals surface area contributed by atoms with Gasteiger partial charge in [-0.25, -0.2) is 9.97 Å². The molecule has 0 atom stereocenters. The molecule has 4 heterocycles. The highest BCUT2D eigenvalue weighted by atomic mass is 16.5. The average molecular weight is 464 g/mol. The van der Waals surface area contributed by atoms with E-state index in [0.29, 0.717) is 41.8 Å². The lowest BCUT2D eigenvalue weighted by Gasteiger charge is -2.33. The smallest absolute Gasteiger partial charge is 0.231 e. The van der Waals surface area contributed by atoms with Gasteiger partial charge in [-0.15, -0.1) is 0 Å². The zero-order chi connectivity index (χ0) is 24.0. The van der Waals surface area contributed by atoms with Crippen molar-refractivity contribution in [1.29, 1.82) is 0 Å². The van der Waals surface area contributed by atoms with Crippen LogP contribution in [0.4, 0.5) is 11.6 Å². The number of benzene rings is 1. The molecule has 1 aliphatic heterocycles. The summed E-state index contributed by atoms with van der Waals surface area (Å²) in [5.74, 6) is 2.80. The van der Waals surface area contributed by atoms with Crippen LogP contribution in [0.2, 0.25) is 0 Å². The SMILES string of the molecule is COc1cccc(CNc2ncnc3c2oc2nc(N(C)C)c4c(c23)CC(C)(C)OC4)c1OC. The van der Waals surface area contributed by atoms with Crippen molar-refractivity contribution >= 4 is 33.8 Å². The summed E-state index contributed by atoms with van der Waals surface area (Å²) in [5, 5.41) is 4.31. The van der Waals surface area contributed by atoms with Crippen LogP contribution in [0, 0.1) is 0 Å². The van der Waals surface area contributed by atoms with Crippen LogP contribution in [0.1, 0.15) is 30.5 Å². The van der Waals surface area contributed by atoms with Crippen LogP contribution in [-0.2, 0) is 24.3 Å². The maximum absolute atomic E-state index is 6.28. The van der Waals surface area contributed by atoms with Crippen LogP contribution in [0.25, 0.3) is 22.2 Å². The zero-order valence-corrected chi connectivity index (χ0v) is 20.4. The lowest BCUT2D eigenvalue weighted by Crippen LogP contribution is -2.33. The number of pyridine rings is 1. The minimum Gasteiger partial charge on any atom is -0.493 e. The van der Waals surface area contributed by atoms with Gasteiger partial charge in [-0.2, -0.15) is 4.98 Å². The first kappa shape index (κ1) is 22.2. The molecule has 0 saturated heterocycles. The Morgan fingerprint density at radius 3 is 2.68 bits per heavy atom. The second-order valence-electron chi connectivity index (χ2n) is 9.20. The number of nitrogens with one attached hydrogen (secondary N) is 1. The van der Waals surface area contributed by atoms with Gasteiger partial charge in [0.15, 0.2) is 22.9 Å². The molecule has 3 aromatic heterocycles.